The number of guanidine groups is 1. The van der Waals surface area contributed by atoms with Gasteiger partial charge in [0.2, 0.25) is 0 Å². The van der Waals surface area contributed by atoms with Gasteiger partial charge in [-0.2, -0.15) is 0 Å². The number of rotatable bonds is 8. The number of ether oxygens (including phenoxy) is 1. The Morgan fingerprint density at radius 1 is 1.53 bits per heavy atom. The standard InChI is InChI=1S/C13H23N3OS.HI/c1-11(2)10-17-8-7-16-13(14)15-6-5-12-4-3-9-18-12;/h3-4,9,11H,5-8,10H2,1-2H3,(H3,14,15,16);1H. The molecule has 0 aliphatic carbocycles. The van der Waals surface area contributed by atoms with Crippen LogP contribution in [-0.4, -0.2) is 32.3 Å². The van der Waals surface area contributed by atoms with Crippen molar-refractivity contribution < 1.29 is 4.74 Å². The van der Waals surface area contributed by atoms with Crippen LogP contribution in [0, 0.1) is 5.92 Å². The number of nitrogens with two attached hydrogens (primary N) is 1. The minimum atomic E-state index is 0. The van der Waals surface area contributed by atoms with E-state index in [1.54, 1.807) is 11.3 Å². The predicted molar refractivity (Wildman–Crippen MR) is 93.6 cm³/mol. The van der Waals surface area contributed by atoms with Gasteiger partial charge in [-0.3, -0.25) is 4.99 Å². The summed E-state index contributed by atoms with van der Waals surface area (Å²) in [4.78, 5) is 5.56. The van der Waals surface area contributed by atoms with Gasteiger partial charge in [0.15, 0.2) is 5.96 Å². The summed E-state index contributed by atoms with van der Waals surface area (Å²) in [6.07, 6.45) is 0.984. The molecule has 0 aromatic carbocycles. The van der Waals surface area contributed by atoms with E-state index in [0.29, 0.717) is 25.0 Å². The molecule has 0 spiro atoms. The van der Waals surface area contributed by atoms with E-state index in [4.69, 9.17) is 10.5 Å². The SMILES string of the molecule is CC(C)COCCN=C(N)NCCc1cccs1.I. The Labute approximate surface area is 136 Å². The van der Waals surface area contributed by atoms with Crippen molar-refractivity contribution in [2.45, 2.75) is 20.3 Å². The lowest BCUT2D eigenvalue weighted by Gasteiger charge is -2.06. The van der Waals surface area contributed by atoms with E-state index in [1.807, 2.05) is 0 Å². The first-order valence-electron chi connectivity index (χ1n) is 6.32. The molecule has 0 aliphatic heterocycles. The zero-order valence-electron chi connectivity index (χ0n) is 11.6. The van der Waals surface area contributed by atoms with E-state index in [-0.39, 0.29) is 24.0 Å². The van der Waals surface area contributed by atoms with Crippen LogP contribution in [0.1, 0.15) is 18.7 Å². The largest absolute Gasteiger partial charge is 0.379 e. The van der Waals surface area contributed by atoms with Gasteiger partial charge in [0, 0.05) is 18.0 Å². The zero-order chi connectivity index (χ0) is 13.2. The minimum absolute atomic E-state index is 0. The van der Waals surface area contributed by atoms with Crippen LogP contribution in [0.3, 0.4) is 0 Å². The van der Waals surface area contributed by atoms with Gasteiger partial charge in [0.25, 0.3) is 0 Å². The molecule has 110 valence electrons. The van der Waals surface area contributed by atoms with Crippen molar-refractivity contribution in [2.24, 2.45) is 16.6 Å². The summed E-state index contributed by atoms with van der Waals surface area (Å²) in [5.74, 6) is 1.06. The highest BCUT2D eigenvalue weighted by Gasteiger charge is 1.96. The Morgan fingerprint density at radius 3 is 2.95 bits per heavy atom. The molecule has 0 unspecified atom stereocenters. The maximum Gasteiger partial charge on any atom is 0.188 e. The number of hydrogen-bond donors (Lipinski definition) is 2. The molecule has 6 heteroatoms. The second-order valence-corrected chi connectivity index (χ2v) is 5.52. The summed E-state index contributed by atoms with van der Waals surface area (Å²) in [6.45, 7) is 7.10. The molecule has 0 atom stereocenters. The predicted octanol–water partition coefficient (Wildman–Crippen LogP) is 2.49. The first kappa shape index (κ1) is 18.7. The summed E-state index contributed by atoms with van der Waals surface area (Å²) >= 11 is 1.76. The molecule has 0 aliphatic rings. The maximum absolute atomic E-state index is 5.74. The van der Waals surface area contributed by atoms with Crippen LogP contribution in [0.15, 0.2) is 22.5 Å². The molecule has 4 nitrogen and oxygen atoms in total. The van der Waals surface area contributed by atoms with Crippen LogP contribution in [0.25, 0.3) is 0 Å². The highest BCUT2D eigenvalue weighted by Crippen LogP contribution is 2.07. The van der Waals surface area contributed by atoms with Gasteiger partial charge >= 0.3 is 0 Å². The molecule has 0 bridgehead atoms. The van der Waals surface area contributed by atoms with E-state index >= 15 is 0 Å². The average molecular weight is 397 g/mol. The van der Waals surface area contributed by atoms with Crippen LogP contribution in [0.4, 0.5) is 0 Å². The van der Waals surface area contributed by atoms with E-state index in [2.05, 4.69) is 41.7 Å². The molecule has 1 aromatic heterocycles. The number of halogens is 1. The number of aliphatic imine (C=N–C) groups is 1. The van der Waals surface area contributed by atoms with Gasteiger partial charge in [0.1, 0.15) is 0 Å². The zero-order valence-corrected chi connectivity index (χ0v) is 14.7. The lowest BCUT2D eigenvalue weighted by atomic mass is 10.2. The smallest absolute Gasteiger partial charge is 0.188 e. The van der Waals surface area contributed by atoms with Gasteiger partial charge < -0.3 is 15.8 Å². The Kier molecular flexibility index (Phi) is 11.3. The van der Waals surface area contributed by atoms with Crippen molar-refractivity contribution in [2.75, 3.05) is 26.3 Å². The van der Waals surface area contributed by atoms with Crippen molar-refractivity contribution in [3.05, 3.63) is 22.4 Å². The van der Waals surface area contributed by atoms with E-state index < -0.39 is 0 Å². The molecule has 0 saturated carbocycles. The quantitative estimate of drug-likeness (QED) is 0.307. The summed E-state index contributed by atoms with van der Waals surface area (Å²) in [5, 5.41) is 5.18. The molecular formula is C13H24IN3OS. The number of hydrogen-bond acceptors (Lipinski definition) is 3. The minimum Gasteiger partial charge on any atom is -0.379 e. The van der Waals surface area contributed by atoms with Crippen LogP contribution < -0.4 is 11.1 Å². The van der Waals surface area contributed by atoms with Crippen molar-refractivity contribution in [3.8, 4) is 0 Å². The van der Waals surface area contributed by atoms with Gasteiger partial charge in [-0.05, 0) is 23.8 Å². The van der Waals surface area contributed by atoms with Gasteiger partial charge in [-0.15, -0.1) is 35.3 Å². The fourth-order valence-electron chi connectivity index (χ4n) is 1.37. The first-order valence-corrected chi connectivity index (χ1v) is 7.20. The third-order valence-corrected chi connectivity index (χ3v) is 3.16. The van der Waals surface area contributed by atoms with Gasteiger partial charge in [-0.25, -0.2) is 0 Å². The molecule has 3 N–H and O–H groups in total. The van der Waals surface area contributed by atoms with Crippen molar-refractivity contribution >= 4 is 41.3 Å². The second kappa shape index (κ2) is 11.5. The monoisotopic (exact) mass is 397 g/mol. The molecule has 0 fully saturated rings. The molecule has 0 radical (unpaired) electrons. The Balaban J connectivity index is 0.00000324. The Bertz CT molecular complexity index is 342. The molecule has 1 aromatic rings. The first-order chi connectivity index (χ1) is 8.68. The molecule has 0 saturated heterocycles. The van der Waals surface area contributed by atoms with Gasteiger partial charge in [-0.1, -0.05) is 19.9 Å². The summed E-state index contributed by atoms with van der Waals surface area (Å²) in [5.41, 5.74) is 5.74. The van der Waals surface area contributed by atoms with Crippen molar-refractivity contribution in [1.29, 1.82) is 0 Å². The lowest BCUT2D eigenvalue weighted by Crippen LogP contribution is -2.33. The second-order valence-electron chi connectivity index (χ2n) is 4.49. The van der Waals surface area contributed by atoms with E-state index in [1.165, 1.54) is 4.88 Å². The summed E-state index contributed by atoms with van der Waals surface area (Å²) < 4.78 is 5.42. The maximum atomic E-state index is 5.74. The number of nitrogens with zero attached hydrogens (tertiary/aromatic N) is 1. The molecule has 1 rings (SSSR count). The normalized spacial score (nSPS) is 11.4. The summed E-state index contributed by atoms with van der Waals surface area (Å²) in [6, 6.07) is 4.18. The highest BCUT2D eigenvalue weighted by atomic mass is 127. The van der Waals surface area contributed by atoms with Crippen LogP contribution in [0.5, 0.6) is 0 Å². The van der Waals surface area contributed by atoms with E-state index in [0.717, 1.165) is 19.6 Å². The van der Waals surface area contributed by atoms with Crippen LogP contribution in [-0.2, 0) is 11.2 Å². The van der Waals surface area contributed by atoms with E-state index in [9.17, 15) is 0 Å². The third kappa shape index (κ3) is 10.1. The molecule has 1 heterocycles. The molecule has 19 heavy (non-hydrogen) atoms. The number of thiophene rings is 1. The van der Waals surface area contributed by atoms with Crippen LogP contribution in [0.2, 0.25) is 0 Å². The topological polar surface area (TPSA) is 59.6 Å². The molecule has 0 amide bonds. The Morgan fingerprint density at radius 2 is 2.32 bits per heavy atom. The van der Waals surface area contributed by atoms with Crippen molar-refractivity contribution in [3.63, 3.8) is 0 Å². The fourth-order valence-corrected chi connectivity index (χ4v) is 2.08. The Hall–Kier alpha value is -0.340. The summed E-state index contributed by atoms with van der Waals surface area (Å²) in [7, 11) is 0. The molecular weight excluding hydrogens is 373 g/mol. The van der Waals surface area contributed by atoms with Gasteiger partial charge in [0.05, 0.1) is 13.2 Å². The highest BCUT2D eigenvalue weighted by molar-refractivity contribution is 14.0. The third-order valence-electron chi connectivity index (χ3n) is 2.23. The van der Waals surface area contributed by atoms with Crippen molar-refractivity contribution in [1.82, 2.24) is 5.32 Å². The average Bonchev–Trinajstić information content (AvgIpc) is 2.81. The van der Waals surface area contributed by atoms with Crippen LogP contribution >= 0.6 is 35.3 Å². The lowest BCUT2D eigenvalue weighted by molar-refractivity contribution is 0.117. The number of nitrogens with one attached hydrogen (secondary N) is 1. The fraction of sp³-hybridized carbons (Fsp3) is 0.615.